The second-order valence-electron chi connectivity index (χ2n) is 9.30. The minimum atomic E-state index is -0.402. The standard InChI is InChI=1S/C22H32ClN5O4/c23-19-18(12-24-28-20(19)29)13-5-10-17(11-13)32-22(31)27-16-8-6-15(7-9-16)26-21(30)25-14-3-1-2-4-14/h12-17H,1-11H2,(H,27,31)(H,28,29)(H2,25,26,30)/t13?,15-,16-,17-/m1/s1. The lowest BCUT2D eigenvalue weighted by molar-refractivity contribution is 0.0946. The number of urea groups is 1. The first-order valence-corrected chi connectivity index (χ1v) is 12.1. The number of halogens is 1. The van der Waals surface area contributed by atoms with E-state index in [0.717, 1.165) is 51.4 Å². The summed E-state index contributed by atoms with van der Waals surface area (Å²) in [5.41, 5.74) is 0.317. The maximum atomic E-state index is 12.4. The van der Waals surface area contributed by atoms with Crippen molar-refractivity contribution in [3.63, 3.8) is 0 Å². The molecule has 2 atom stereocenters. The Morgan fingerprint density at radius 2 is 1.56 bits per heavy atom. The molecule has 176 valence electrons. The number of amides is 3. The van der Waals surface area contributed by atoms with Crippen molar-refractivity contribution in [1.82, 2.24) is 26.1 Å². The molecule has 1 aromatic heterocycles. The molecule has 10 heteroatoms. The van der Waals surface area contributed by atoms with Gasteiger partial charge in [-0.15, -0.1) is 0 Å². The van der Waals surface area contributed by atoms with Gasteiger partial charge in [0.05, 0.1) is 6.20 Å². The molecule has 0 saturated heterocycles. The van der Waals surface area contributed by atoms with Gasteiger partial charge in [0.25, 0.3) is 5.56 Å². The largest absolute Gasteiger partial charge is 0.446 e. The van der Waals surface area contributed by atoms with E-state index < -0.39 is 11.7 Å². The molecule has 3 aliphatic carbocycles. The van der Waals surface area contributed by atoms with E-state index in [4.69, 9.17) is 16.3 Å². The lowest BCUT2D eigenvalue weighted by Crippen LogP contribution is -2.48. The Balaban J connectivity index is 1.15. The van der Waals surface area contributed by atoms with E-state index in [1.165, 1.54) is 12.8 Å². The third-order valence-corrected chi connectivity index (χ3v) is 7.39. The van der Waals surface area contributed by atoms with E-state index in [-0.39, 0.29) is 35.2 Å². The van der Waals surface area contributed by atoms with Crippen molar-refractivity contribution in [3.8, 4) is 0 Å². The van der Waals surface area contributed by atoms with Crippen molar-refractivity contribution in [2.75, 3.05) is 0 Å². The van der Waals surface area contributed by atoms with Crippen molar-refractivity contribution < 1.29 is 14.3 Å². The highest BCUT2D eigenvalue weighted by Crippen LogP contribution is 2.37. The van der Waals surface area contributed by atoms with Gasteiger partial charge in [-0.25, -0.2) is 14.7 Å². The molecule has 0 bridgehead atoms. The highest BCUT2D eigenvalue weighted by molar-refractivity contribution is 6.31. The zero-order chi connectivity index (χ0) is 22.5. The normalized spacial score (nSPS) is 28.3. The van der Waals surface area contributed by atoms with Gasteiger partial charge >= 0.3 is 12.1 Å². The fraction of sp³-hybridized carbons (Fsp3) is 0.727. The van der Waals surface area contributed by atoms with Crippen LogP contribution in [0, 0.1) is 0 Å². The molecule has 32 heavy (non-hydrogen) atoms. The molecule has 0 aliphatic heterocycles. The molecule has 3 amide bonds. The minimum Gasteiger partial charge on any atom is -0.446 e. The number of nitrogens with one attached hydrogen (secondary N) is 4. The zero-order valence-electron chi connectivity index (χ0n) is 18.2. The molecular weight excluding hydrogens is 434 g/mol. The molecule has 3 saturated carbocycles. The molecule has 4 rings (SSSR count). The second-order valence-corrected chi connectivity index (χ2v) is 9.68. The van der Waals surface area contributed by atoms with E-state index in [1.54, 1.807) is 6.20 Å². The van der Waals surface area contributed by atoms with Crippen LogP contribution in [0.5, 0.6) is 0 Å². The summed E-state index contributed by atoms with van der Waals surface area (Å²) in [5.74, 6) is 0.0620. The van der Waals surface area contributed by atoms with E-state index in [0.29, 0.717) is 18.0 Å². The average Bonchev–Trinajstić information content (AvgIpc) is 3.44. The number of carbonyl (C=O) groups is 2. The number of rotatable bonds is 5. The number of hydrogen-bond donors (Lipinski definition) is 4. The molecule has 0 spiro atoms. The number of nitrogens with zero attached hydrogens (tertiary/aromatic N) is 1. The first kappa shape index (κ1) is 22.9. The third kappa shape index (κ3) is 5.94. The van der Waals surface area contributed by atoms with Crippen LogP contribution in [0.4, 0.5) is 9.59 Å². The number of aromatic nitrogens is 2. The van der Waals surface area contributed by atoms with Gasteiger partial charge in [0, 0.05) is 18.1 Å². The molecule has 3 aliphatic rings. The van der Waals surface area contributed by atoms with E-state index in [2.05, 4.69) is 26.1 Å². The Morgan fingerprint density at radius 1 is 0.938 bits per heavy atom. The van der Waals surface area contributed by atoms with Crippen LogP contribution in [0.1, 0.15) is 82.1 Å². The number of ether oxygens (including phenoxy) is 1. The number of hydrogen-bond acceptors (Lipinski definition) is 5. The fourth-order valence-corrected chi connectivity index (χ4v) is 5.47. The summed E-state index contributed by atoms with van der Waals surface area (Å²) in [6.45, 7) is 0. The Kier molecular flexibility index (Phi) is 7.55. The van der Waals surface area contributed by atoms with Crippen molar-refractivity contribution in [1.29, 1.82) is 0 Å². The molecule has 3 fully saturated rings. The first-order valence-electron chi connectivity index (χ1n) is 11.7. The molecular formula is C22H32ClN5O4. The van der Waals surface area contributed by atoms with Gasteiger partial charge in [0.15, 0.2) is 0 Å². The van der Waals surface area contributed by atoms with Gasteiger partial charge in [-0.05, 0) is 69.3 Å². The highest BCUT2D eigenvalue weighted by atomic mass is 35.5. The van der Waals surface area contributed by atoms with E-state index >= 15 is 0 Å². The van der Waals surface area contributed by atoms with Gasteiger partial charge in [-0.3, -0.25) is 4.79 Å². The van der Waals surface area contributed by atoms with Crippen LogP contribution in [0.25, 0.3) is 0 Å². The number of carbonyl (C=O) groups excluding carboxylic acids is 2. The van der Waals surface area contributed by atoms with Crippen LogP contribution in [-0.2, 0) is 4.74 Å². The zero-order valence-corrected chi connectivity index (χ0v) is 19.0. The Morgan fingerprint density at radius 3 is 2.25 bits per heavy atom. The van der Waals surface area contributed by atoms with E-state index in [1.807, 2.05) is 0 Å². The second kappa shape index (κ2) is 10.6. The van der Waals surface area contributed by atoms with Gasteiger partial charge in [-0.1, -0.05) is 24.4 Å². The van der Waals surface area contributed by atoms with Gasteiger partial charge < -0.3 is 20.7 Å². The molecule has 9 nitrogen and oxygen atoms in total. The monoisotopic (exact) mass is 465 g/mol. The van der Waals surface area contributed by atoms with Crippen molar-refractivity contribution in [3.05, 3.63) is 27.1 Å². The Labute approximate surface area is 192 Å². The lowest BCUT2D eigenvalue weighted by atomic mass is 9.91. The lowest BCUT2D eigenvalue weighted by Gasteiger charge is -2.30. The quantitative estimate of drug-likeness (QED) is 0.530. The number of H-pyrrole nitrogens is 1. The predicted octanol–water partition coefficient (Wildman–Crippen LogP) is 3.34. The van der Waals surface area contributed by atoms with Crippen LogP contribution in [0.3, 0.4) is 0 Å². The summed E-state index contributed by atoms with van der Waals surface area (Å²) < 4.78 is 5.62. The Bertz CT molecular complexity index is 864. The van der Waals surface area contributed by atoms with Gasteiger partial charge in [-0.2, -0.15) is 5.10 Å². The van der Waals surface area contributed by atoms with Crippen LogP contribution < -0.4 is 21.5 Å². The highest BCUT2D eigenvalue weighted by Gasteiger charge is 2.32. The molecule has 0 radical (unpaired) electrons. The maximum Gasteiger partial charge on any atom is 0.407 e. The summed E-state index contributed by atoms with van der Waals surface area (Å²) >= 11 is 6.11. The summed E-state index contributed by atoms with van der Waals surface area (Å²) in [5, 5.41) is 15.4. The SMILES string of the molecule is O=C(NC1CCCC1)N[C@H]1CC[C@H](NC(=O)O[C@@H]2CCC(c3cn[nH]c(=O)c3Cl)C2)CC1. The molecule has 1 unspecified atom stereocenters. The van der Waals surface area contributed by atoms with E-state index in [9.17, 15) is 14.4 Å². The van der Waals surface area contributed by atoms with Gasteiger partial charge in [0.2, 0.25) is 0 Å². The van der Waals surface area contributed by atoms with Crippen molar-refractivity contribution in [2.24, 2.45) is 0 Å². The number of aromatic amines is 1. The van der Waals surface area contributed by atoms with Crippen molar-refractivity contribution in [2.45, 2.75) is 101 Å². The molecule has 1 heterocycles. The summed E-state index contributed by atoms with van der Waals surface area (Å²) in [4.78, 5) is 36.2. The predicted molar refractivity (Wildman–Crippen MR) is 120 cm³/mol. The minimum absolute atomic E-state index is 0.0574. The van der Waals surface area contributed by atoms with Crippen molar-refractivity contribution >= 4 is 23.7 Å². The van der Waals surface area contributed by atoms with Crippen LogP contribution in [0.15, 0.2) is 11.0 Å². The Hall–Kier alpha value is -2.29. The fourth-order valence-electron chi connectivity index (χ4n) is 5.23. The molecule has 4 N–H and O–H groups in total. The summed E-state index contributed by atoms with van der Waals surface area (Å²) in [6, 6.07) is 0.447. The van der Waals surface area contributed by atoms with Crippen LogP contribution in [0.2, 0.25) is 5.02 Å². The molecule has 1 aromatic rings. The number of alkyl carbamates (subject to hydrolysis) is 1. The summed E-state index contributed by atoms with van der Waals surface area (Å²) in [6.07, 6.45) is 10.9. The average molecular weight is 466 g/mol. The maximum absolute atomic E-state index is 12.4. The smallest absolute Gasteiger partial charge is 0.407 e. The first-order chi connectivity index (χ1) is 15.5. The summed E-state index contributed by atoms with van der Waals surface area (Å²) in [7, 11) is 0. The topological polar surface area (TPSA) is 125 Å². The third-order valence-electron chi connectivity index (χ3n) is 7.00. The van der Waals surface area contributed by atoms with Crippen LogP contribution in [-0.4, -0.2) is 46.6 Å². The van der Waals surface area contributed by atoms with Gasteiger partial charge in [0.1, 0.15) is 11.1 Å². The molecule has 0 aromatic carbocycles. The van der Waals surface area contributed by atoms with Crippen LogP contribution >= 0.6 is 11.6 Å².